The highest BCUT2D eigenvalue weighted by molar-refractivity contribution is 6.18. The second-order valence-corrected chi connectivity index (χ2v) is 4.97. The van der Waals surface area contributed by atoms with Crippen molar-refractivity contribution in [1.82, 2.24) is 0 Å². The maximum atomic E-state index is 6.08. The molecule has 0 spiro atoms. The van der Waals surface area contributed by atoms with Gasteiger partial charge in [0.25, 0.3) is 0 Å². The molecule has 0 aliphatic carbocycles. The van der Waals surface area contributed by atoms with Crippen LogP contribution in [0.5, 0.6) is 5.75 Å². The zero-order chi connectivity index (χ0) is 12.0. The topological polar surface area (TPSA) is 18.5 Å². The Labute approximate surface area is 108 Å². The Hall–Kier alpha value is -0.730. The molecule has 1 aromatic rings. The van der Waals surface area contributed by atoms with Crippen molar-refractivity contribution < 1.29 is 9.47 Å². The van der Waals surface area contributed by atoms with Crippen LogP contribution in [0, 0.1) is 5.41 Å². The monoisotopic (exact) mass is 254 g/mol. The predicted octanol–water partition coefficient (Wildman–Crippen LogP) is 3.49. The number of rotatable bonds is 5. The van der Waals surface area contributed by atoms with Crippen LogP contribution < -0.4 is 4.74 Å². The number of para-hydroxylation sites is 1. The van der Waals surface area contributed by atoms with E-state index in [-0.39, 0.29) is 5.41 Å². The van der Waals surface area contributed by atoms with E-state index in [0.29, 0.717) is 12.5 Å². The van der Waals surface area contributed by atoms with Crippen molar-refractivity contribution in [3.63, 3.8) is 0 Å². The number of halogens is 1. The quantitative estimate of drug-likeness (QED) is 0.749. The summed E-state index contributed by atoms with van der Waals surface area (Å²) in [5.74, 6) is 1.58. The first-order chi connectivity index (χ1) is 8.35. The predicted molar refractivity (Wildman–Crippen MR) is 69.8 cm³/mol. The number of benzene rings is 1. The van der Waals surface area contributed by atoms with Gasteiger partial charge >= 0.3 is 0 Å². The Bertz CT molecular complexity index is 320. The van der Waals surface area contributed by atoms with E-state index >= 15 is 0 Å². The Balaban J connectivity index is 1.80. The zero-order valence-electron chi connectivity index (χ0n) is 10.0. The Morgan fingerprint density at radius 1 is 1.29 bits per heavy atom. The molecule has 1 saturated heterocycles. The molecule has 0 saturated carbocycles. The van der Waals surface area contributed by atoms with Crippen LogP contribution in [0.4, 0.5) is 0 Å². The van der Waals surface area contributed by atoms with Crippen LogP contribution in [0.2, 0.25) is 0 Å². The summed E-state index contributed by atoms with van der Waals surface area (Å²) in [6.07, 6.45) is 3.22. The molecular weight excluding hydrogens is 236 g/mol. The van der Waals surface area contributed by atoms with Crippen molar-refractivity contribution in [3.05, 3.63) is 30.3 Å². The summed E-state index contributed by atoms with van der Waals surface area (Å²) in [4.78, 5) is 0. The number of ether oxygens (including phenoxy) is 2. The summed E-state index contributed by atoms with van der Waals surface area (Å²) < 4.78 is 11.3. The summed E-state index contributed by atoms with van der Waals surface area (Å²) in [5.41, 5.74) is 0.120. The molecule has 1 atom stereocenters. The minimum atomic E-state index is 0.120. The number of hydrogen-bond acceptors (Lipinski definition) is 2. The fraction of sp³-hybridized carbons (Fsp3) is 0.571. The third-order valence-corrected chi connectivity index (χ3v) is 3.90. The van der Waals surface area contributed by atoms with Gasteiger partial charge in [-0.1, -0.05) is 18.2 Å². The molecule has 1 aliphatic rings. The molecule has 0 radical (unpaired) electrons. The van der Waals surface area contributed by atoms with E-state index in [1.165, 1.54) is 0 Å². The molecule has 0 aromatic heterocycles. The van der Waals surface area contributed by atoms with Gasteiger partial charge in [0, 0.05) is 17.9 Å². The van der Waals surface area contributed by atoms with Crippen molar-refractivity contribution >= 4 is 11.6 Å². The van der Waals surface area contributed by atoms with E-state index in [0.717, 1.165) is 38.2 Å². The standard InChI is InChI=1S/C14H19ClO2/c15-11-14(7-4-9-16-12-14)8-10-17-13-5-2-1-3-6-13/h1-3,5-6H,4,7-12H2. The van der Waals surface area contributed by atoms with E-state index < -0.39 is 0 Å². The van der Waals surface area contributed by atoms with Crippen LogP contribution in [0.3, 0.4) is 0 Å². The van der Waals surface area contributed by atoms with E-state index in [1.54, 1.807) is 0 Å². The van der Waals surface area contributed by atoms with Crippen LogP contribution in [-0.4, -0.2) is 25.7 Å². The maximum Gasteiger partial charge on any atom is 0.119 e. The lowest BCUT2D eigenvalue weighted by atomic mass is 9.82. The molecule has 1 heterocycles. The van der Waals surface area contributed by atoms with Crippen LogP contribution in [0.15, 0.2) is 30.3 Å². The highest BCUT2D eigenvalue weighted by atomic mass is 35.5. The lowest BCUT2D eigenvalue weighted by Crippen LogP contribution is -2.35. The van der Waals surface area contributed by atoms with E-state index in [2.05, 4.69) is 0 Å². The average Bonchev–Trinajstić information content (AvgIpc) is 2.41. The lowest BCUT2D eigenvalue weighted by molar-refractivity contribution is -0.00603. The first-order valence-corrected chi connectivity index (χ1v) is 6.70. The number of alkyl halides is 1. The summed E-state index contributed by atoms with van der Waals surface area (Å²) in [6.45, 7) is 2.35. The molecule has 3 heteroatoms. The third-order valence-electron chi connectivity index (χ3n) is 3.33. The van der Waals surface area contributed by atoms with Gasteiger partial charge in [-0.3, -0.25) is 0 Å². The van der Waals surface area contributed by atoms with Crippen LogP contribution >= 0.6 is 11.6 Å². The SMILES string of the molecule is ClCC1(CCOc2ccccc2)CCCOC1. The maximum absolute atomic E-state index is 6.08. The van der Waals surface area contributed by atoms with Crippen molar-refractivity contribution in [3.8, 4) is 5.75 Å². The smallest absolute Gasteiger partial charge is 0.119 e. The highest BCUT2D eigenvalue weighted by Crippen LogP contribution is 2.33. The first kappa shape index (κ1) is 12.7. The second kappa shape index (κ2) is 6.27. The average molecular weight is 255 g/mol. The summed E-state index contributed by atoms with van der Waals surface area (Å²) in [6, 6.07) is 9.91. The van der Waals surface area contributed by atoms with Crippen LogP contribution in [-0.2, 0) is 4.74 Å². The molecule has 0 N–H and O–H groups in total. The van der Waals surface area contributed by atoms with Gasteiger partial charge in [-0.2, -0.15) is 0 Å². The van der Waals surface area contributed by atoms with Gasteiger partial charge in [0.15, 0.2) is 0 Å². The van der Waals surface area contributed by atoms with Gasteiger partial charge in [-0.05, 0) is 31.4 Å². The Morgan fingerprint density at radius 2 is 2.12 bits per heavy atom. The second-order valence-electron chi connectivity index (χ2n) is 4.70. The number of hydrogen-bond donors (Lipinski definition) is 0. The van der Waals surface area contributed by atoms with E-state index in [1.807, 2.05) is 30.3 Å². The molecule has 94 valence electrons. The third kappa shape index (κ3) is 3.62. The largest absolute Gasteiger partial charge is 0.494 e. The molecule has 1 aliphatic heterocycles. The van der Waals surface area contributed by atoms with Gasteiger partial charge in [-0.15, -0.1) is 11.6 Å². The molecule has 0 bridgehead atoms. The molecule has 0 amide bonds. The Kier molecular flexibility index (Phi) is 4.69. The summed E-state index contributed by atoms with van der Waals surface area (Å²) in [7, 11) is 0. The minimum Gasteiger partial charge on any atom is -0.494 e. The van der Waals surface area contributed by atoms with Crippen molar-refractivity contribution in [2.45, 2.75) is 19.3 Å². The van der Waals surface area contributed by atoms with Crippen LogP contribution in [0.25, 0.3) is 0 Å². The van der Waals surface area contributed by atoms with Gasteiger partial charge < -0.3 is 9.47 Å². The molecule has 1 fully saturated rings. The molecule has 2 rings (SSSR count). The summed E-state index contributed by atoms with van der Waals surface area (Å²) in [5, 5.41) is 0. The van der Waals surface area contributed by atoms with Gasteiger partial charge in [0.05, 0.1) is 13.2 Å². The van der Waals surface area contributed by atoms with Crippen molar-refractivity contribution in [1.29, 1.82) is 0 Å². The van der Waals surface area contributed by atoms with E-state index in [4.69, 9.17) is 21.1 Å². The molecule has 1 aromatic carbocycles. The minimum absolute atomic E-state index is 0.120. The normalized spacial score (nSPS) is 24.5. The van der Waals surface area contributed by atoms with Crippen molar-refractivity contribution in [2.24, 2.45) is 5.41 Å². The molecular formula is C14H19ClO2. The molecule has 17 heavy (non-hydrogen) atoms. The lowest BCUT2D eigenvalue weighted by Gasteiger charge is -2.35. The molecule has 2 nitrogen and oxygen atoms in total. The summed E-state index contributed by atoms with van der Waals surface area (Å²) >= 11 is 6.08. The van der Waals surface area contributed by atoms with E-state index in [9.17, 15) is 0 Å². The van der Waals surface area contributed by atoms with Gasteiger partial charge in [0.2, 0.25) is 0 Å². The first-order valence-electron chi connectivity index (χ1n) is 6.16. The molecule has 1 unspecified atom stereocenters. The zero-order valence-corrected chi connectivity index (χ0v) is 10.8. The van der Waals surface area contributed by atoms with Crippen LogP contribution in [0.1, 0.15) is 19.3 Å². The van der Waals surface area contributed by atoms with Gasteiger partial charge in [-0.25, -0.2) is 0 Å². The highest BCUT2D eigenvalue weighted by Gasteiger charge is 2.31. The van der Waals surface area contributed by atoms with Crippen molar-refractivity contribution in [2.75, 3.05) is 25.7 Å². The van der Waals surface area contributed by atoms with Gasteiger partial charge in [0.1, 0.15) is 5.75 Å². The fourth-order valence-corrected chi connectivity index (χ4v) is 2.53. The fourth-order valence-electron chi connectivity index (χ4n) is 2.18. The Morgan fingerprint density at radius 3 is 2.76 bits per heavy atom.